The molecular weight excluding hydrogens is 368 g/mol. The van der Waals surface area contributed by atoms with E-state index in [9.17, 15) is 18.0 Å². The molecule has 2 aromatic rings. The number of anilines is 1. The molecule has 8 heteroatoms. The molecule has 0 aliphatic rings. The SMILES string of the molecule is CNS(=O)(=O)c1cccc(C(=O)OCC(=O)Nc2ccc(C(C)C)cc2)c1. The van der Waals surface area contributed by atoms with Crippen LogP contribution in [0.4, 0.5) is 5.69 Å². The lowest BCUT2D eigenvalue weighted by Gasteiger charge is -2.09. The summed E-state index contributed by atoms with van der Waals surface area (Å²) in [6.45, 7) is 3.67. The van der Waals surface area contributed by atoms with Crippen molar-refractivity contribution in [2.45, 2.75) is 24.7 Å². The van der Waals surface area contributed by atoms with Crippen LogP contribution in [0.15, 0.2) is 53.4 Å². The van der Waals surface area contributed by atoms with E-state index in [1.54, 1.807) is 12.1 Å². The van der Waals surface area contributed by atoms with Crippen molar-refractivity contribution < 1.29 is 22.7 Å². The largest absolute Gasteiger partial charge is 0.452 e. The number of carbonyl (C=O) groups excluding carboxylic acids is 2. The molecule has 0 aliphatic heterocycles. The summed E-state index contributed by atoms with van der Waals surface area (Å²) in [4.78, 5) is 24.0. The molecule has 2 N–H and O–H groups in total. The van der Waals surface area contributed by atoms with Gasteiger partial charge in [0.25, 0.3) is 5.91 Å². The number of esters is 1. The van der Waals surface area contributed by atoms with Gasteiger partial charge in [-0.3, -0.25) is 4.79 Å². The number of hydrogen-bond acceptors (Lipinski definition) is 5. The summed E-state index contributed by atoms with van der Waals surface area (Å²) in [6.07, 6.45) is 0. The first-order valence-corrected chi connectivity index (χ1v) is 9.82. The Balaban J connectivity index is 1.95. The highest BCUT2D eigenvalue weighted by Gasteiger charge is 2.16. The van der Waals surface area contributed by atoms with E-state index < -0.39 is 28.5 Å². The van der Waals surface area contributed by atoms with Gasteiger partial charge in [0.15, 0.2) is 6.61 Å². The van der Waals surface area contributed by atoms with Crippen molar-refractivity contribution in [1.82, 2.24) is 4.72 Å². The summed E-state index contributed by atoms with van der Waals surface area (Å²) in [5.41, 5.74) is 1.79. The maximum absolute atomic E-state index is 12.1. The second kappa shape index (κ2) is 8.79. The molecule has 0 saturated heterocycles. The summed E-state index contributed by atoms with van der Waals surface area (Å²) in [5, 5.41) is 2.64. The van der Waals surface area contributed by atoms with Gasteiger partial charge in [0.05, 0.1) is 10.5 Å². The van der Waals surface area contributed by atoms with E-state index in [1.165, 1.54) is 31.3 Å². The van der Waals surface area contributed by atoms with Crippen molar-refractivity contribution in [3.8, 4) is 0 Å². The Morgan fingerprint density at radius 3 is 2.33 bits per heavy atom. The van der Waals surface area contributed by atoms with Crippen LogP contribution in [0.25, 0.3) is 0 Å². The molecule has 144 valence electrons. The van der Waals surface area contributed by atoms with Gasteiger partial charge in [0, 0.05) is 5.69 Å². The third-order valence-corrected chi connectivity index (χ3v) is 5.26. The summed E-state index contributed by atoms with van der Waals surface area (Å²) in [6, 6.07) is 12.8. The minimum Gasteiger partial charge on any atom is -0.452 e. The van der Waals surface area contributed by atoms with Crippen LogP contribution in [0.1, 0.15) is 35.7 Å². The number of benzene rings is 2. The number of sulfonamides is 1. The Hall–Kier alpha value is -2.71. The van der Waals surface area contributed by atoms with Gasteiger partial charge in [0.2, 0.25) is 10.0 Å². The van der Waals surface area contributed by atoms with Gasteiger partial charge in [-0.05, 0) is 48.9 Å². The first kappa shape index (κ1) is 20.6. The third-order valence-electron chi connectivity index (χ3n) is 3.84. The Labute approximate surface area is 158 Å². The number of ether oxygens (including phenoxy) is 1. The van der Waals surface area contributed by atoms with Crippen LogP contribution in [0.5, 0.6) is 0 Å². The fourth-order valence-electron chi connectivity index (χ4n) is 2.27. The molecular formula is C19H22N2O5S. The number of hydrogen-bond donors (Lipinski definition) is 2. The van der Waals surface area contributed by atoms with Gasteiger partial charge in [-0.2, -0.15) is 0 Å². The quantitative estimate of drug-likeness (QED) is 0.708. The van der Waals surface area contributed by atoms with Crippen molar-refractivity contribution >= 4 is 27.6 Å². The van der Waals surface area contributed by atoms with Gasteiger partial charge < -0.3 is 10.1 Å². The summed E-state index contributed by atoms with van der Waals surface area (Å²) >= 11 is 0. The van der Waals surface area contributed by atoms with Crippen LogP contribution >= 0.6 is 0 Å². The zero-order valence-corrected chi connectivity index (χ0v) is 16.2. The van der Waals surface area contributed by atoms with E-state index in [0.717, 1.165) is 5.56 Å². The van der Waals surface area contributed by atoms with E-state index in [2.05, 4.69) is 23.9 Å². The van der Waals surface area contributed by atoms with Crippen molar-refractivity contribution in [3.63, 3.8) is 0 Å². The summed E-state index contributed by atoms with van der Waals surface area (Å²) < 4.78 is 30.7. The van der Waals surface area contributed by atoms with Crippen molar-refractivity contribution in [2.75, 3.05) is 19.0 Å². The van der Waals surface area contributed by atoms with Crippen molar-refractivity contribution in [2.24, 2.45) is 0 Å². The number of nitrogens with one attached hydrogen (secondary N) is 2. The predicted molar refractivity (Wildman–Crippen MR) is 102 cm³/mol. The van der Waals surface area contributed by atoms with E-state index >= 15 is 0 Å². The van der Waals surface area contributed by atoms with Gasteiger partial charge >= 0.3 is 5.97 Å². The molecule has 0 atom stereocenters. The molecule has 2 rings (SSSR count). The lowest BCUT2D eigenvalue weighted by molar-refractivity contribution is -0.119. The Morgan fingerprint density at radius 1 is 1.07 bits per heavy atom. The van der Waals surface area contributed by atoms with Crippen molar-refractivity contribution in [3.05, 3.63) is 59.7 Å². The molecule has 2 aromatic carbocycles. The first-order valence-electron chi connectivity index (χ1n) is 8.33. The van der Waals surface area contributed by atoms with Crippen molar-refractivity contribution in [1.29, 1.82) is 0 Å². The smallest absolute Gasteiger partial charge is 0.338 e. The van der Waals surface area contributed by atoms with Gasteiger partial charge in [-0.15, -0.1) is 0 Å². The van der Waals surface area contributed by atoms with E-state index in [1.807, 2.05) is 12.1 Å². The molecule has 0 radical (unpaired) electrons. The van der Waals surface area contributed by atoms with Crippen LogP contribution < -0.4 is 10.0 Å². The molecule has 0 bridgehead atoms. The molecule has 0 aromatic heterocycles. The fourth-order valence-corrected chi connectivity index (χ4v) is 3.05. The average molecular weight is 390 g/mol. The molecule has 0 spiro atoms. The highest BCUT2D eigenvalue weighted by Crippen LogP contribution is 2.17. The first-order chi connectivity index (χ1) is 12.7. The molecule has 0 fully saturated rings. The number of rotatable bonds is 7. The van der Waals surface area contributed by atoms with Crippen LogP contribution in [0.2, 0.25) is 0 Å². The number of carbonyl (C=O) groups is 2. The van der Waals surface area contributed by atoms with E-state index in [4.69, 9.17) is 4.74 Å². The minimum absolute atomic E-state index is 0.0420. The number of amides is 1. The molecule has 0 saturated carbocycles. The minimum atomic E-state index is -3.67. The molecule has 0 heterocycles. The monoisotopic (exact) mass is 390 g/mol. The third kappa shape index (κ3) is 5.63. The standard InChI is InChI=1S/C19H22N2O5S/c1-13(2)14-7-9-16(10-8-14)21-18(22)12-26-19(23)15-5-4-6-17(11-15)27(24,25)20-3/h4-11,13,20H,12H2,1-3H3,(H,21,22). The van der Waals surface area contributed by atoms with Crippen LogP contribution in [0.3, 0.4) is 0 Å². The summed E-state index contributed by atoms with van der Waals surface area (Å²) in [7, 11) is -2.40. The normalized spacial score (nSPS) is 11.3. The maximum Gasteiger partial charge on any atom is 0.338 e. The molecule has 0 aliphatic carbocycles. The Kier molecular flexibility index (Phi) is 6.70. The molecule has 27 heavy (non-hydrogen) atoms. The van der Waals surface area contributed by atoms with Gasteiger partial charge in [0.1, 0.15) is 0 Å². The summed E-state index contributed by atoms with van der Waals surface area (Å²) in [5.74, 6) is -0.883. The van der Waals surface area contributed by atoms with E-state index in [-0.39, 0.29) is 10.5 Å². The highest BCUT2D eigenvalue weighted by atomic mass is 32.2. The zero-order chi connectivity index (χ0) is 20.0. The molecule has 1 amide bonds. The fraction of sp³-hybridized carbons (Fsp3) is 0.263. The maximum atomic E-state index is 12.1. The topological polar surface area (TPSA) is 102 Å². The zero-order valence-electron chi connectivity index (χ0n) is 15.4. The second-order valence-electron chi connectivity index (χ2n) is 6.14. The molecule has 0 unspecified atom stereocenters. The lowest BCUT2D eigenvalue weighted by Crippen LogP contribution is -2.21. The second-order valence-corrected chi connectivity index (χ2v) is 8.02. The van der Waals surface area contributed by atoms with Crippen LogP contribution in [0, 0.1) is 0 Å². The van der Waals surface area contributed by atoms with Crippen LogP contribution in [-0.4, -0.2) is 33.9 Å². The highest BCUT2D eigenvalue weighted by molar-refractivity contribution is 7.89. The van der Waals surface area contributed by atoms with Gasteiger partial charge in [-0.25, -0.2) is 17.9 Å². The lowest BCUT2D eigenvalue weighted by atomic mass is 10.0. The van der Waals surface area contributed by atoms with E-state index in [0.29, 0.717) is 11.6 Å². The Morgan fingerprint density at radius 2 is 1.74 bits per heavy atom. The molecule has 7 nitrogen and oxygen atoms in total. The predicted octanol–water partition coefficient (Wildman–Crippen LogP) is 2.51. The van der Waals surface area contributed by atoms with Gasteiger partial charge in [-0.1, -0.05) is 32.0 Å². The van der Waals surface area contributed by atoms with Crippen LogP contribution in [-0.2, 0) is 19.6 Å². The Bertz CT molecular complexity index is 921. The average Bonchev–Trinajstić information content (AvgIpc) is 2.66.